The van der Waals surface area contributed by atoms with Gasteiger partial charge in [0.1, 0.15) is 6.54 Å². The molecule has 0 atom stereocenters. The van der Waals surface area contributed by atoms with E-state index in [1.54, 1.807) is 42.5 Å². The molecule has 2 aliphatic heterocycles. The maximum Gasteiger partial charge on any atom is 0.294 e. The van der Waals surface area contributed by atoms with Gasteiger partial charge in [-0.3, -0.25) is 19.3 Å². The highest BCUT2D eigenvalue weighted by Gasteiger charge is 2.31. The summed E-state index contributed by atoms with van der Waals surface area (Å²) in [6, 6.07) is 14.2. The van der Waals surface area contributed by atoms with Gasteiger partial charge in [-0.25, -0.2) is 0 Å². The van der Waals surface area contributed by atoms with E-state index in [9.17, 15) is 14.4 Å². The molecule has 1 fully saturated rings. The van der Waals surface area contributed by atoms with E-state index >= 15 is 0 Å². The molecule has 4 rings (SSSR count). The molecule has 2 heterocycles. The van der Waals surface area contributed by atoms with Gasteiger partial charge in [0.15, 0.2) is 11.5 Å². The Kier molecular flexibility index (Phi) is 6.75. The largest absolute Gasteiger partial charge is 0.449 e. The van der Waals surface area contributed by atoms with Gasteiger partial charge in [0.2, 0.25) is 11.8 Å². The molecular formula is C24H24ClN3O4. The van der Waals surface area contributed by atoms with Crippen LogP contribution in [0.1, 0.15) is 24.8 Å². The van der Waals surface area contributed by atoms with Crippen LogP contribution in [-0.2, 0) is 14.4 Å². The van der Waals surface area contributed by atoms with Crippen molar-refractivity contribution in [2.75, 3.05) is 31.1 Å². The number of halogens is 1. The Hall–Kier alpha value is -3.32. The minimum Gasteiger partial charge on any atom is -0.449 e. The standard InChI is InChI=1S/C24H24ClN3O4/c25-18-7-3-6-17(14-18)15-21-24(31)28(19-8-1-2-9-20(19)32-21)16-22(29)26-11-5-13-27-12-4-10-23(27)30/h1-3,6-9,14-15H,4-5,10-13,16H2,(H,26,29). The van der Waals surface area contributed by atoms with Gasteiger partial charge < -0.3 is 15.0 Å². The lowest BCUT2D eigenvalue weighted by Gasteiger charge is -2.30. The number of fused-ring (bicyclic) bond motifs is 1. The highest BCUT2D eigenvalue weighted by atomic mass is 35.5. The summed E-state index contributed by atoms with van der Waals surface area (Å²) in [6.45, 7) is 1.72. The van der Waals surface area contributed by atoms with Gasteiger partial charge in [-0.2, -0.15) is 0 Å². The molecule has 0 aromatic heterocycles. The van der Waals surface area contributed by atoms with Gasteiger partial charge in [-0.15, -0.1) is 0 Å². The fraction of sp³-hybridized carbons (Fsp3) is 0.292. The van der Waals surface area contributed by atoms with E-state index < -0.39 is 5.91 Å². The van der Waals surface area contributed by atoms with Crippen LogP contribution in [0.4, 0.5) is 5.69 Å². The number of para-hydroxylation sites is 2. The van der Waals surface area contributed by atoms with E-state index in [2.05, 4.69) is 5.32 Å². The summed E-state index contributed by atoms with van der Waals surface area (Å²) in [5.41, 5.74) is 1.26. The molecule has 2 aromatic carbocycles. The van der Waals surface area contributed by atoms with Crippen molar-refractivity contribution in [1.82, 2.24) is 10.2 Å². The summed E-state index contributed by atoms with van der Waals surface area (Å²) in [6.07, 6.45) is 3.79. The molecule has 2 aromatic rings. The Balaban J connectivity index is 1.42. The summed E-state index contributed by atoms with van der Waals surface area (Å²) < 4.78 is 5.82. The number of anilines is 1. The molecular weight excluding hydrogens is 430 g/mol. The number of nitrogens with zero attached hydrogens (tertiary/aromatic N) is 2. The van der Waals surface area contributed by atoms with Crippen molar-refractivity contribution in [1.29, 1.82) is 0 Å². The van der Waals surface area contributed by atoms with Crippen molar-refractivity contribution < 1.29 is 19.1 Å². The molecule has 0 spiro atoms. The van der Waals surface area contributed by atoms with Crippen LogP contribution in [0.2, 0.25) is 5.02 Å². The first-order valence-electron chi connectivity index (χ1n) is 10.6. The topological polar surface area (TPSA) is 79.0 Å². The molecule has 166 valence electrons. The highest BCUT2D eigenvalue weighted by molar-refractivity contribution is 6.30. The Morgan fingerprint density at radius 2 is 2.00 bits per heavy atom. The third-order valence-electron chi connectivity index (χ3n) is 5.38. The lowest BCUT2D eigenvalue weighted by molar-refractivity contribution is -0.127. The van der Waals surface area contributed by atoms with Gasteiger partial charge in [0, 0.05) is 31.1 Å². The first kappa shape index (κ1) is 21.9. The molecule has 7 nitrogen and oxygen atoms in total. The van der Waals surface area contributed by atoms with Crippen LogP contribution >= 0.6 is 11.6 Å². The molecule has 32 heavy (non-hydrogen) atoms. The van der Waals surface area contributed by atoms with E-state index in [-0.39, 0.29) is 24.1 Å². The normalized spacial score (nSPS) is 16.8. The van der Waals surface area contributed by atoms with Crippen molar-refractivity contribution in [2.45, 2.75) is 19.3 Å². The number of rotatable bonds is 7. The third kappa shape index (κ3) is 5.11. The minimum absolute atomic E-state index is 0.117. The number of likely N-dealkylation sites (tertiary alicyclic amines) is 1. The van der Waals surface area contributed by atoms with Crippen molar-refractivity contribution >= 4 is 41.1 Å². The maximum atomic E-state index is 13.1. The van der Waals surface area contributed by atoms with Gasteiger partial charge >= 0.3 is 0 Å². The van der Waals surface area contributed by atoms with Crippen molar-refractivity contribution in [3.8, 4) is 5.75 Å². The van der Waals surface area contributed by atoms with E-state index in [0.717, 1.165) is 18.5 Å². The lowest BCUT2D eigenvalue weighted by Crippen LogP contribution is -2.44. The summed E-state index contributed by atoms with van der Waals surface area (Å²) in [7, 11) is 0. The Labute approximate surface area is 191 Å². The smallest absolute Gasteiger partial charge is 0.294 e. The van der Waals surface area contributed by atoms with Crippen LogP contribution < -0.4 is 15.0 Å². The van der Waals surface area contributed by atoms with E-state index in [1.165, 1.54) is 4.90 Å². The number of ether oxygens (including phenoxy) is 1. The van der Waals surface area contributed by atoms with Gasteiger partial charge in [-0.1, -0.05) is 35.9 Å². The summed E-state index contributed by atoms with van der Waals surface area (Å²) in [4.78, 5) is 40.6. The van der Waals surface area contributed by atoms with Crippen molar-refractivity contribution in [2.24, 2.45) is 0 Å². The average Bonchev–Trinajstić information content (AvgIpc) is 3.19. The zero-order valence-corrected chi connectivity index (χ0v) is 18.3. The molecule has 2 aliphatic rings. The molecule has 1 saturated heterocycles. The van der Waals surface area contributed by atoms with Crippen LogP contribution in [0, 0.1) is 0 Å². The molecule has 0 unspecified atom stereocenters. The minimum atomic E-state index is -0.401. The zero-order valence-electron chi connectivity index (χ0n) is 17.6. The Bertz CT molecular complexity index is 1070. The summed E-state index contributed by atoms with van der Waals surface area (Å²) >= 11 is 6.05. The molecule has 0 bridgehead atoms. The van der Waals surface area contributed by atoms with Crippen LogP contribution in [-0.4, -0.2) is 48.8 Å². The van der Waals surface area contributed by atoms with Crippen LogP contribution in [0.25, 0.3) is 6.08 Å². The average molecular weight is 454 g/mol. The SMILES string of the molecule is O=C(CN1C(=O)C(=Cc2cccc(Cl)c2)Oc2ccccc21)NCCCN1CCCC1=O. The molecule has 0 radical (unpaired) electrons. The third-order valence-corrected chi connectivity index (χ3v) is 5.61. The first-order valence-corrected chi connectivity index (χ1v) is 11.0. The second kappa shape index (κ2) is 9.87. The van der Waals surface area contributed by atoms with Gasteiger partial charge in [0.25, 0.3) is 5.91 Å². The summed E-state index contributed by atoms with van der Waals surface area (Å²) in [5.74, 6) is 0.115. The molecule has 0 aliphatic carbocycles. The second-order valence-corrected chi connectivity index (χ2v) is 8.15. The molecule has 1 N–H and O–H groups in total. The van der Waals surface area contributed by atoms with Crippen LogP contribution in [0.15, 0.2) is 54.3 Å². The maximum absolute atomic E-state index is 13.1. The zero-order chi connectivity index (χ0) is 22.5. The number of carbonyl (C=O) groups is 3. The van der Waals surface area contributed by atoms with E-state index in [0.29, 0.717) is 42.4 Å². The quantitative estimate of drug-likeness (QED) is 0.515. The predicted molar refractivity (Wildman–Crippen MR) is 122 cm³/mol. The highest BCUT2D eigenvalue weighted by Crippen LogP contribution is 2.35. The van der Waals surface area contributed by atoms with Crippen molar-refractivity contribution in [3.05, 3.63) is 64.9 Å². The fourth-order valence-corrected chi connectivity index (χ4v) is 4.00. The monoisotopic (exact) mass is 453 g/mol. The number of amides is 3. The molecule has 0 saturated carbocycles. The van der Waals surface area contributed by atoms with E-state index in [1.807, 2.05) is 17.0 Å². The molecule has 8 heteroatoms. The predicted octanol–water partition coefficient (Wildman–Crippen LogP) is 3.24. The van der Waals surface area contributed by atoms with Gasteiger partial charge in [0.05, 0.1) is 5.69 Å². The van der Waals surface area contributed by atoms with E-state index in [4.69, 9.17) is 16.3 Å². The summed E-state index contributed by atoms with van der Waals surface area (Å²) in [5, 5.41) is 3.39. The number of carbonyl (C=O) groups excluding carboxylic acids is 3. The number of hydrogen-bond acceptors (Lipinski definition) is 4. The number of hydrogen-bond donors (Lipinski definition) is 1. The second-order valence-electron chi connectivity index (χ2n) is 7.71. The molecule has 3 amide bonds. The first-order chi connectivity index (χ1) is 15.5. The van der Waals surface area contributed by atoms with Crippen LogP contribution in [0.3, 0.4) is 0 Å². The van der Waals surface area contributed by atoms with Crippen LogP contribution in [0.5, 0.6) is 5.75 Å². The fourth-order valence-electron chi connectivity index (χ4n) is 3.80. The Morgan fingerprint density at radius 3 is 2.78 bits per heavy atom. The Morgan fingerprint density at radius 1 is 1.16 bits per heavy atom. The van der Waals surface area contributed by atoms with Crippen molar-refractivity contribution in [3.63, 3.8) is 0 Å². The van der Waals surface area contributed by atoms with Gasteiger partial charge in [-0.05, 0) is 48.7 Å². The lowest BCUT2D eigenvalue weighted by atomic mass is 10.1. The number of benzene rings is 2. The number of nitrogens with one attached hydrogen (secondary N) is 1.